The summed E-state index contributed by atoms with van der Waals surface area (Å²) in [6.45, 7) is 7.67. The van der Waals surface area contributed by atoms with Gasteiger partial charge in [-0.15, -0.1) is 0 Å². The molecule has 1 aromatic carbocycles. The molecule has 8 heteroatoms. The van der Waals surface area contributed by atoms with Gasteiger partial charge < -0.3 is 15.0 Å². The van der Waals surface area contributed by atoms with Crippen LogP contribution >= 0.6 is 11.9 Å². The summed E-state index contributed by atoms with van der Waals surface area (Å²) in [6, 6.07) is 14.1. The summed E-state index contributed by atoms with van der Waals surface area (Å²) in [7, 11) is 1.69. The second kappa shape index (κ2) is 9.32. The van der Waals surface area contributed by atoms with Crippen LogP contribution in [0.1, 0.15) is 11.3 Å². The summed E-state index contributed by atoms with van der Waals surface area (Å²) < 4.78 is 7.61. The Labute approximate surface area is 181 Å². The minimum Gasteiger partial charge on any atom is -0.497 e. The summed E-state index contributed by atoms with van der Waals surface area (Å²) in [4.78, 5) is 17.2. The monoisotopic (exact) mass is 422 g/mol. The van der Waals surface area contributed by atoms with Gasteiger partial charge >= 0.3 is 0 Å². The number of rotatable bonds is 6. The molecule has 0 saturated carbocycles. The molecule has 156 valence electrons. The van der Waals surface area contributed by atoms with E-state index < -0.39 is 0 Å². The number of benzene rings is 1. The molecule has 0 amide bonds. The lowest BCUT2D eigenvalue weighted by Gasteiger charge is -2.34. The van der Waals surface area contributed by atoms with Crippen molar-refractivity contribution in [3.8, 4) is 5.75 Å². The first-order valence-electron chi connectivity index (χ1n) is 9.96. The fourth-order valence-electron chi connectivity index (χ4n) is 3.20. The molecule has 0 bridgehead atoms. The smallest absolute Gasteiger partial charge is 0.227 e. The van der Waals surface area contributed by atoms with Crippen molar-refractivity contribution in [2.75, 3.05) is 43.5 Å². The van der Waals surface area contributed by atoms with Crippen LogP contribution in [0.5, 0.6) is 5.75 Å². The summed E-state index contributed by atoms with van der Waals surface area (Å²) in [5.74, 6) is 3.19. The highest BCUT2D eigenvalue weighted by atomic mass is 32.2. The largest absolute Gasteiger partial charge is 0.497 e. The van der Waals surface area contributed by atoms with Gasteiger partial charge in [-0.2, -0.15) is 4.98 Å². The molecule has 3 heterocycles. The van der Waals surface area contributed by atoms with Gasteiger partial charge in [0.15, 0.2) is 0 Å². The second-order valence-electron chi connectivity index (χ2n) is 7.22. The maximum atomic E-state index is 5.23. The molecule has 7 nitrogen and oxygen atoms in total. The van der Waals surface area contributed by atoms with Gasteiger partial charge in [-0.05, 0) is 61.7 Å². The zero-order valence-corrected chi connectivity index (χ0v) is 18.3. The Kier molecular flexibility index (Phi) is 6.35. The van der Waals surface area contributed by atoms with Crippen molar-refractivity contribution in [1.29, 1.82) is 0 Å². The fraction of sp³-hybridized carbons (Fsp3) is 0.318. The minimum absolute atomic E-state index is 0.763. The minimum atomic E-state index is 0.763. The zero-order chi connectivity index (χ0) is 20.9. The van der Waals surface area contributed by atoms with Crippen LogP contribution in [0.3, 0.4) is 0 Å². The van der Waals surface area contributed by atoms with Crippen LogP contribution in [0.2, 0.25) is 0 Å². The van der Waals surface area contributed by atoms with Gasteiger partial charge in [0.2, 0.25) is 5.95 Å². The Morgan fingerprint density at radius 1 is 0.933 bits per heavy atom. The van der Waals surface area contributed by atoms with Gasteiger partial charge in [0.25, 0.3) is 0 Å². The molecular formula is C22H26N6OS. The van der Waals surface area contributed by atoms with Crippen LogP contribution < -0.4 is 15.0 Å². The maximum absolute atomic E-state index is 5.23. The molecule has 0 radical (unpaired) electrons. The molecule has 0 spiro atoms. The maximum Gasteiger partial charge on any atom is 0.227 e. The highest BCUT2D eigenvalue weighted by molar-refractivity contribution is 7.97. The van der Waals surface area contributed by atoms with Gasteiger partial charge in [0.05, 0.1) is 7.11 Å². The van der Waals surface area contributed by atoms with Crippen molar-refractivity contribution < 1.29 is 4.74 Å². The van der Waals surface area contributed by atoms with E-state index in [-0.39, 0.29) is 0 Å². The van der Waals surface area contributed by atoms with E-state index in [1.165, 1.54) is 4.90 Å². The van der Waals surface area contributed by atoms with E-state index in [9.17, 15) is 0 Å². The van der Waals surface area contributed by atoms with Gasteiger partial charge in [-0.25, -0.2) is 14.3 Å². The highest BCUT2D eigenvalue weighted by Crippen LogP contribution is 2.27. The van der Waals surface area contributed by atoms with E-state index >= 15 is 0 Å². The Balaban J connectivity index is 1.37. The van der Waals surface area contributed by atoms with E-state index in [4.69, 9.17) is 9.72 Å². The molecule has 3 aromatic rings. The number of nitrogens with one attached hydrogen (secondary N) is 1. The SMILES string of the molecule is COc1ccc(SN2CCN(c3nc(C)cc(Nc4ccc(C)cn4)n3)CC2)cc1. The number of hydrogen-bond acceptors (Lipinski definition) is 8. The first-order chi connectivity index (χ1) is 14.6. The standard InChI is InChI=1S/C22H26N6OS/c1-16-4-9-20(23-15-16)25-21-14-17(2)24-22(26-21)27-10-12-28(13-11-27)30-19-7-5-18(29-3)6-8-19/h4-9,14-15H,10-13H2,1-3H3,(H,23,24,25,26). The number of nitrogens with zero attached hydrogens (tertiary/aromatic N) is 5. The Hall–Kier alpha value is -2.84. The van der Waals surface area contributed by atoms with Gasteiger partial charge in [-0.3, -0.25) is 0 Å². The van der Waals surface area contributed by atoms with Crippen LogP contribution in [0, 0.1) is 13.8 Å². The van der Waals surface area contributed by atoms with Crippen molar-refractivity contribution in [2.45, 2.75) is 18.7 Å². The number of methoxy groups -OCH3 is 1. The molecule has 1 aliphatic rings. The van der Waals surface area contributed by atoms with E-state index in [1.807, 2.05) is 50.4 Å². The molecule has 1 aliphatic heterocycles. The van der Waals surface area contributed by atoms with E-state index in [2.05, 4.69) is 36.6 Å². The zero-order valence-electron chi connectivity index (χ0n) is 17.5. The molecule has 1 saturated heterocycles. The molecule has 4 rings (SSSR count). The molecule has 2 aromatic heterocycles. The number of aryl methyl sites for hydroxylation is 2. The van der Waals surface area contributed by atoms with Crippen LogP contribution in [0.15, 0.2) is 53.6 Å². The first kappa shape index (κ1) is 20.4. The lowest BCUT2D eigenvalue weighted by atomic mass is 10.3. The normalized spacial score (nSPS) is 14.6. The molecular weight excluding hydrogens is 396 g/mol. The number of ether oxygens (including phenoxy) is 1. The molecule has 30 heavy (non-hydrogen) atoms. The molecule has 0 atom stereocenters. The number of pyridine rings is 1. The van der Waals surface area contributed by atoms with Crippen molar-refractivity contribution in [3.63, 3.8) is 0 Å². The average Bonchev–Trinajstić information content (AvgIpc) is 2.76. The molecule has 1 N–H and O–H groups in total. The summed E-state index contributed by atoms with van der Waals surface area (Å²) in [6.07, 6.45) is 1.84. The van der Waals surface area contributed by atoms with E-state index in [0.29, 0.717) is 0 Å². The fourth-order valence-corrected chi connectivity index (χ4v) is 4.10. The van der Waals surface area contributed by atoms with Crippen molar-refractivity contribution in [1.82, 2.24) is 19.3 Å². The van der Waals surface area contributed by atoms with E-state index in [1.54, 1.807) is 19.1 Å². The van der Waals surface area contributed by atoms with Gasteiger partial charge in [-0.1, -0.05) is 6.07 Å². The number of anilines is 3. The van der Waals surface area contributed by atoms with Gasteiger partial charge in [0.1, 0.15) is 17.4 Å². The second-order valence-corrected chi connectivity index (χ2v) is 8.39. The summed E-state index contributed by atoms with van der Waals surface area (Å²) in [5, 5.41) is 3.29. The Morgan fingerprint density at radius 3 is 2.37 bits per heavy atom. The lowest BCUT2D eigenvalue weighted by molar-refractivity contribution is 0.414. The first-order valence-corrected chi connectivity index (χ1v) is 10.7. The number of hydrogen-bond donors (Lipinski definition) is 1. The van der Waals surface area contributed by atoms with Crippen molar-refractivity contribution in [2.24, 2.45) is 0 Å². The van der Waals surface area contributed by atoms with Crippen LogP contribution in [0.25, 0.3) is 0 Å². The Morgan fingerprint density at radius 2 is 1.70 bits per heavy atom. The molecule has 0 aliphatic carbocycles. The van der Waals surface area contributed by atoms with Crippen LogP contribution in [0.4, 0.5) is 17.6 Å². The summed E-state index contributed by atoms with van der Waals surface area (Å²) in [5.41, 5.74) is 2.06. The Bertz CT molecular complexity index is 972. The highest BCUT2D eigenvalue weighted by Gasteiger charge is 2.20. The third-order valence-electron chi connectivity index (χ3n) is 4.83. The predicted octanol–water partition coefficient (Wildman–Crippen LogP) is 4.07. The lowest BCUT2D eigenvalue weighted by Crippen LogP contribution is -2.44. The predicted molar refractivity (Wildman–Crippen MR) is 122 cm³/mol. The topological polar surface area (TPSA) is 66.4 Å². The number of aromatic nitrogens is 3. The quantitative estimate of drug-likeness (QED) is 0.597. The molecule has 1 fully saturated rings. The number of piperazine rings is 1. The van der Waals surface area contributed by atoms with Crippen molar-refractivity contribution in [3.05, 3.63) is 59.9 Å². The van der Waals surface area contributed by atoms with Crippen LogP contribution in [-0.4, -0.2) is 52.5 Å². The third kappa shape index (κ3) is 5.20. The summed E-state index contributed by atoms with van der Waals surface area (Å²) >= 11 is 1.78. The average molecular weight is 423 g/mol. The third-order valence-corrected chi connectivity index (χ3v) is 5.93. The molecule has 0 unspecified atom stereocenters. The van der Waals surface area contributed by atoms with Crippen LogP contribution in [-0.2, 0) is 0 Å². The van der Waals surface area contributed by atoms with Gasteiger partial charge in [0, 0.05) is 49.0 Å². The van der Waals surface area contributed by atoms with E-state index in [0.717, 1.165) is 60.8 Å². The van der Waals surface area contributed by atoms with Crippen molar-refractivity contribution >= 4 is 29.5 Å².